The molecule has 3 aromatic rings. The van der Waals surface area contributed by atoms with Crippen molar-refractivity contribution in [2.24, 2.45) is 11.0 Å². The fourth-order valence-corrected chi connectivity index (χ4v) is 3.59. The number of hydrogen-bond acceptors (Lipinski definition) is 6. The first-order valence-electron chi connectivity index (χ1n) is 11.3. The Balaban J connectivity index is 1.35. The predicted molar refractivity (Wildman–Crippen MR) is 137 cm³/mol. The second-order valence-corrected chi connectivity index (χ2v) is 8.29. The van der Waals surface area contributed by atoms with E-state index in [9.17, 15) is 24.0 Å². The Morgan fingerprint density at radius 1 is 0.946 bits per heavy atom. The lowest BCUT2D eigenvalue weighted by atomic mass is 10.1. The van der Waals surface area contributed by atoms with Crippen molar-refractivity contribution in [3.8, 4) is 0 Å². The predicted octanol–water partition coefficient (Wildman–Crippen LogP) is 2.79. The SMILES string of the molecule is Cc1ccc(N2C(=O)NC(=O)[C@H](/C=N\NC(=O)c3ccc(NC(=O)Cc4ccccc4)cc3)C2=O)cc1. The topological polar surface area (TPSA) is 137 Å². The van der Waals surface area contributed by atoms with E-state index >= 15 is 0 Å². The van der Waals surface area contributed by atoms with Crippen LogP contribution in [0.25, 0.3) is 0 Å². The summed E-state index contributed by atoms with van der Waals surface area (Å²) in [5.74, 6) is -3.81. The molecule has 0 spiro atoms. The molecule has 0 aliphatic carbocycles. The molecule has 1 atom stereocenters. The number of aryl methyl sites for hydroxylation is 1. The van der Waals surface area contributed by atoms with Crippen LogP contribution in [0.3, 0.4) is 0 Å². The van der Waals surface area contributed by atoms with Crippen LogP contribution in [-0.4, -0.2) is 35.9 Å². The van der Waals surface area contributed by atoms with Crippen molar-refractivity contribution in [1.82, 2.24) is 10.7 Å². The summed E-state index contributed by atoms with van der Waals surface area (Å²) in [6.07, 6.45) is 1.19. The molecule has 6 amide bonds. The fraction of sp³-hybridized carbons (Fsp3) is 0.111. The second kappa shape index (κ2) is 11.1. The fourth-order valence-electron chi connectivity index (χ4n) is 3.59. The molecule has 10 nitrogen and oxygen atoms in total. The van der Waals surface area contributed by atoms with Crippen LogP contribution in [0.4, 0.5) is 16.2 Å². The Labute approximate surface area is 212 Å². The van der Waals surface area contributed by atoms with Crippen LogP contribution >= 0.6 is 0 Å². The first kappa shape index (κ1) is 25.0. The molecule has 37 heavy (non-hydrogen) atoms. The van der Waals surface area contributed by atoms with Gasteiger partial charge in [-0.15, -0.1) is 0 Å². The van der Waals surface area contributed by atoms with Gasteiger partial charge in [-0.25, -0.2) is 15.1 Å². The number of nitrogens with one attached hydrogen (secondary N) is 3. The van der Waals surface area contributed by atoms with Gasteiger partial charge < -0.3 is 5.32 Å². The van der Waals surface area contributed by atoms with E-state index in [0.29, 0.717) is 11.4 Å². The number of barbiturate groups is 1. The molecule has 3 aromatic carbocycles. The van der Waals surface area contributed by atoms with Crippen molar-refractivity contribution >= 4 is 47.2 Å². The normalized spacial score (nSPS) is 15.4. The first-order valence-corrected chi connectivity index (χ1v) is 11.3. The maximum Gasteiger partial charge on any atom is 0.335 e. The number of hydrazone groups is 1. The number of rotatable bonds is 7. The molecule has 186 valence electrons. The summed E-state index contributed by atoms with van der Waals surface area (Å²) in [6.45, 7) is 1.86. The molecule has 0 radical (unpaired) electrons. The Morgan fingerprint density at radius 2 is 1.62 bits per heavy atom. The number of hydrogen-bond donors (Lipinski definition) is 3. The zero-order chi connectivity index (χ0) is 26.4. The van der Waals surface area contributed by atoms with Gasteiger partial charge in [0.2, 0.25) is 11.8 Å². The third-order valence-corrected chi connectivity index (χ3v) is 5.52. The van der Waals surface area contributed by atoms with Gasteiger partial charge in [0, 0.05) is 17.5 Å². The highest BCUT2D eigenvalue weighted by Gasteiger charge is 2.40. The monoisotopic (exact) mass is 497 g/mol. The van der Waals surface area contributed by atoms with Gasteiger partial charge in [0.15, 0.2) is 5.92 Å². The van der Waals surface area contributed by atoms with E-state index < -0.39 is 29.7 Å². The number of carbonyl (C=O) groups is 5. The van der Waals surface area contributed by atoms with E-state index in [2.05, 4.69) is 21.2 Å². The molecule has 1 saturated heterocycles. The number of carbonyl (C=O) groups excluding carboxylic acids is 5. The number of anilines is 2. The molecule has 0 aromatic heterocycles. The number of amides is 6. The van der Waals surface area contributed by atoms with Crippen LogP contribution in [0.1, 0.15) is 21.5 Å². The van der Waals surface area contributed by atoms with Gasteiger partial charge in [0.05, 0.1) is 12.1 Å². The summed E-state index contributed by atoms with van der Waals surface area (Å²) < 4.78 is 0. The summed E-state index contributed by atoms with van der Waals surface area (Å²) in [5, 5.41) is 8.62. The van der Waals surface area contributed by atoms with Gasteiger partial charge in [-0.1, -0.05) is 48.0 Å². The van der Waals surface area contributed by atoms with E-state index in [-0.39, 0.29) is 17.9 Å². The van der Waals surface area contributed by atoms with Gasteiger partial charge in [-0.3, -0.25) is 24.5 Å². The number of nitrogens with zero attached hydrogens (tertiary/aromatic N) is 2. The van der Waals surface area contributed by atoms with E-state index in [1.165, 1.54) is 12.1 Å². The molecular weight excluding hydrogens is 474 g/mol. The lowest BCUT2D eigenvalue weighted by molar-refractivity contribution is -0.131. The minimum absolute atomic E-state index is 0.193. The van der Waals surface area contributed by atoms with E-state index in [1.807, 2.05) is 37.3 Å². The van der Waals surface area contributed by atoms with Crippen LogP contribution in [0, 0.1) is 12.8 Å². The molecule has 10 heteroatoms. The molecule has 3 N–H and O–H groups in total. The van der Waals surface area contributed by atoms with Gasteiger partial charge in [-0.2, -0.15) is 5.10 Å². The highest BCUT2D eigenvalue weighted by molar-refractivity contribution is 6.32. The summed E-state index contributed by atoms with van der Waals surface area (Å²) in [4.78, 5) is 62.8. The quantitative estimate of drug-likeness (QED) is 0.262. The third-order valence-electron chi connectivity index (χ3n) is 5.52. The van der Waals surface area contributed by atoms with Crippen molar-refractivity contribution in [3.63, 3.8) is 0 Å². The maximum absolute atomic E-state index is 12.8. The average Bonchev–Trinajstić information content (AvgIpc) is 2.88. The van der Waals surface area contributed by atoms with Crippen LogP contribution in [0.2, 0.25) is 0 Å². The summed E-state index contributed by atoms with van der Waals surface area (Å²) in [5.41, 5.74) is 5.15. The van der Waals surface area contributed by atoms with Crippen LogP contribution in [0.5, 0.6) is 0 Å². The Bertz CT molecular complexity index is 1370. The molecular formula is C27H23N5O5. The molecule has 4 rings (SSSR count). The highest BCUT2D eigenvalue weighted by Crippen LogP contribution is 2.20. The second-order valence-electron chi connectivity index (χ2n) is 8.29. The molecule has 0 bridgehead atoms. The smallest absolute Gasteiger partial charge is 0.326 e. The lowest BCUT2D eigenvalue weighted by Gasteiger charge is -2.28. The van der Waals surface area contributed by atoms with Crippen molar-refractivity contribution in [2.45, 2.75) is 13.3 Å². The maximum atomic E-state index is 12.8. The minimum atomic E-state index is -1.40. The van der Waals surface area contributed by atoms with Gasteiger partial charge in [0.1, 0.15) is 0 Å². The van der Waals surface area contributed by atoms with Crippen LogP contribution < -0.4 is 21.0 Å². The van der Waals surface area contributed by atoms with E-state index in [0.717, 1.165) is 22.2 Å². The van der Waals surface area contributed by atoms with Crippen molar-refractivity contribution < 1.29 is 24.0 Å². The van der Waals surface area contributed by atoms with Gasteiger partial charge in [0.25, 0.3) is 11.8 Å². The largest absolute Gasteiger partial charge is 0.335 e. The van der Waals surface area contributed by atoms with Crippen molar-refractivity contribution in [3.05, 3.63) is 95.6 Å². The molecule has 1 aliphatic rings. The average molecular weight is 498 g/mol. The summed E-state index contributed by atoms with van der Waals surface area (Å²) >= 11 is 0. The third kappa shape index (κ3) is 6.12. The Kier molecular flexibility index (Phi) is 7.48. The molecule has 0 unspecified atom stereocenters. The zero-order valence-corrected chi connectivity index (χ0v) is 19.8. The van der Waals surface area contributed by atoms with E-state index in [1.54, 1.807) is 36.4 Å². The number of benzene rings is 3. The van der Waals surface area contributed by atoms with Gasteiger partial charge in [-0.05, 0) is 48.9 Å². The van der Waals surface area contributed by atoms with Crippen LogP contribution in [-0.2, 0) is 20.8 Å². The number of imide groups is 2. The standard InChI is InChI=1S/C27H23N5O5/c1-17-7-13-21(14-8-17)32-26(36)22(25(35)30-27(32)37)16-28-31-24(34)19-9-11-20(12-10-19)29-23(33)15-18-5-3-2-4-6-18/h2-14,16,22H,15H2,1H3,(H,29,33)(H,31,34)(H,30,35,37)/b28-16-/t22-/m0/s1. The first-order chi connectivity index (χ1) is 17.8. The summed E-state index contributed by atoms with van der Waals surface area (Å²) in [7, 11) is 0. The van der Waals surface area contributed by atoms with Crippen molar-refractivity contribution in [2.75, 3.05) is 10.2 Å². The van der Waals surface area contributed by atoms with Gasteiger partial charge >= 0.3 is 6.03 Å². The Hall–Kier alpha value is -5.12. The van der Waals surface area contributed by atoms with Crippen molar-refractivity contribution in [1.29, 1.82) is 0 Å². The van der Waals surface area contributed by atoms with E-state index in [4.69, 9.17) is 0 Å². The number of urea groups is 1. The molecule has 0 saturated carbocycles. The molecule has 1 heterocycles. The highest BCUT2D eigenvalue weighted by atomic mass is 16.2. The molecule has 1 fully saturated rings. The lowest BCUT2D eigenvalue weighted by Crippen LogP contribution is -2.58. The van der Waals surface area contributed by atoms with Crippen LogP contribution in [0.15, 0.2) is 84.0 Å². The summed E-state index contributed by atoms with van der Waals surface area (Å²) in [6, 6.07) is 21.2. The minimum Gasteiger partial charge on any atom is -0.326 e. The zero-order valence-electron chi connectivity index (χ0n) is 19.8. The molecule has 1 aliphatic heterocycles. The Morgan fingerprint density at radius 3 is 2.30 bits per heavy atom.